The molecule has 1 fully saturated rings. The summed E-state index contributed by atoms with van der Waals surface area (Å²) in [6.07, 6.45) is 0.929. The number of likely N-dealkylation sites (N-methyl/N-ethyl adjacent to an activating group) is 1. The number of anilines is 1. The van der Waals surface area contributed by atoms with Crippen LogP contribution in [0.25, 0.3) is 5.57 Å². The highest BCUT2D eigenvalue weighted by Gasteiger charge is 2.42. The first kappa shape index (κ1) is 23.1. The highest BCUT2D eigenvalue weighted by Crippen LogP contribution is 2.36. The molecule has 174 valence electrons. The molecule has 0 aliphatic carbocycles. The maximum atomic E-state index is 13.7. The van der Waals surface area contributed by atoms with Crippen LogP contribution in [-0.4, -0.2) is 61.4 Å². The number of nitrogens with zero attached hydrogens (tertiary/aromatic N) is 3. The van der Waals surface area contributed by atoms with Gasteiger partial charge in [-0.05, 0) is 54.8 Å². The molecule has 0 unspecified atom stereocenters. The average Bonchev–Trinajstić information content (AvgIpc) is 3.08. The fourth-order valence-electron chi connectivity index (χ4n) is 4.28. The Bertz CT molecular complexity index is 1030. The number of rotatable bonds is 7. The second kappa shape index (κ2) is 9.79. The topological polar surface area (TPSA) is 53.1 Å². The molecule has 0 saturated carbocycles. The van der Waals surface area contributed by atoms with Crippen LogP contribution in [0.2, 0.25) is 0 Å². The van der Waals surface area contributed by atoms with Gasteiger partial charge in [0.25, 0.3) is 11.8 Å². The van der Waals surface area contributed by atoms with E-state index in [0.29, 0.717) is 42.6 Å². The van der Waals surface area contributed by atoms with Crippen molar-refractivity contribution in [3.63, 3.8) is 0 Å². The van der Waals surface area contributed by atoms with E-state index in [1.807, 2.05) is 48.5 Å². The highest BCUT2D eigenvalue weighted by molar-refractivity contribution is 6.45. The van der Waals surface area contributed by atoms with Gasteiger partial charge < -0.3 is 14.5 Å². The van der Waals surface area contributed by atoms with Crippen molar-refractivity contribution in [1.29, 1.82) is 0 Å². The maximum Gasteiger partial charge on any atom is 0.282 e. The number of ether oxygens (including phenoxy) is 1. The van der Waals surface area contributed by atoms with Crippen molar-refractivity contribution >= 4 is 23.1 Å². The number of hydrogen-bond donors (Lipinski definition) is 0. The van der Waals surface area contributed by atoms with Crippen LogP contribution in [-0.2, 0) is 9.59 Å². The van der Waals surface area contributed by atoms with Crippen LogP contribution in [0.15, 0.2) is 54.2 Å². The fraction of sp³-hybridized carbons (Fsp3) is 0.407. The second-order valence-corrected chi connectivity index (χ2v) is 9.08. The lowest BCUT2D eigenvalue weighted by Gasteiger charge is -2.34. The van der Waals surface area contributed by atoms with E-state index in [1.165, 1.54) is 10.5 Å². The Labute approximate surface area is 196 Å². The van der Waals surface area contributed by atoms with Crippen LogP contribution in [0.1, 0.15) is 44.2 Å². The molecule has 2 heterocycles. The third-order valence-corrected chi connectivity index (χ3v) is 6.31. The van der Waals surface area contributed by atoms with Crippen LogP contribution in [0.5, 0.6) is 5.75 Å². The Morgan fingerprint density at radius 3 is 2.09 bits per heavy atom. The lowest BCUT2D eigenvalue weighted by Crippen LogP contribution is -2.46. The molecule has 2 aromatic rings. The van der Waals surface area contributed by atoms with Gasteiger partial charge in [-0.3, -0.25) is 9.59 Å². The molecule has 6 nitrogen and oxygen atoms in total. The lowest BCUT2D eigenvalue weighted by molar-refractivity contribution is -0.120. The zero-order chi connectivity index (χ0) is 23.5. The molecule has 0 bridgehead atoms. The largest absolute Gasteiger partial charge is 0.494 e. The summed E-state index contributed by atoms with van der Waals surface area (Å²) < 4.78 is 5.70. The van der Waals surface area contributed by atoms with Crippen molar-refractivity contribution in [2.24, 2.45) is 0 Å². The summed E-state index contributed by atoms with van der Waals surface area (Å²) in [4.78, 5) is 33.0. The smallest absolute Gasteiger partial charge is 0.282 e. The van der Waals surface area contributed by atoms with Gasteiger partial charge in [0.15, 0.2) is 0 Å². The zero-order valence-corrected chi connectivity index (χ0v) is 20.0. The first-order chi connectivity index (χ1) is 15.9. The minimum absolute atomic E-state index is 0.247. The van der Waals surface area contributed by atoms with Crippen LogP contribution in [0, 0.1) is 0 Å². The molecule has 2 amide bonds. The van der Waals surface area contributed by atoms with E-state index in [1.54, 1.807) is 0 Å². The van der Waals surface area contributed by atoms with E-state index in [4.69, 9.17) is 4.74 Å². The van der Waals surface area contributed by atoms with Crippen molar-refractivity contribution in [2.75, 3.05) is 44.7 Å². The Kier molecular flexibility index (Phi) is 6.84. The fourth-order valence-corrected chi connectivity index (χ4v) is 4.28. The second-order valence-electron chi connectivity index (χ2n) is 9.08. The highest BCUT2D eigenvalue weighted by atomic mass is 16.5. The molecule has 2 aromatic carbocycles. The van der Waals surface area contributed by atoms with E-state index in [2.05, 4.69) is 37.6 Å². The lowest BCUT2D eigenvalue weighted by atomic mass is 10.0. The molecule has 6 heteroatoms. The average molecular weight is 448 g/mol. The molecule has 0 spiro atoms. The molecule has 0 N–H and O–H groups in total. The standard InChI is InChI=1S/C27H33N3O3/c1-5-18-33-23-12-8-21(9-13-23)24-25(29-16-14-28(4)15-17-29)27(32)30(26(24)31)22-10-6-20(7-11-22)19(2)3/h6-13,19H,5,14-18H2,1-4H3. The van der Waals surface area contributed by atoms with Crippen molar-refractivity contribution in [1.82, 2.24) is 9.80 Å². The number of hydrogen-bond acceptors (Lipinski definition) is 5. The van der Waals surface area contributed by atoms with E-state index in [0.717, 1.165) is 30.8 Å². The molecule has 33 heavy (non-hydrogen) atoms. The number of carbonyl (C=O) groups excluding carboxylic acids is 2. The van der Waals surface area contributed by atoms with Gasteiger partial charge in [0.1, 0.15) is 11.4 Å². The van der Waals surface area contributed by atoms with Gasteiger partial charge >= 0.3 is 0 Å². The molecule has 0 atom stereocenters. The summed E-state index contributed by atoms with van der Waals surface area (Å²) in [5, 5.41) is 0. The van der Waals surface area contributed by atoms with Gasteiger partial charge in [-0.1, -0.05) is 45.0 Å². The Morgan fingerprint density at radius 1 is 0.879 bits per heavy atom. The Morgan fingerprint density at radius 2 is 1.52 bits per heavy atom. The first-order valence-electron chi connectivity index (χ1n) is 11.8. The number of imide groups is 1. The molecule has 0 radical (unpaired) electrons. The predicted molar refractivity (Wildman–Crippen MR) is 131 cm³/mol. The predicted octanol–water partition coefficient (Wildman–Crippen LogP) is 4.13. The molecule has 2 aliphatic heterocycles. The number of piperazine rings is 1. The van der Waals surface area contributed by atoms with Crippen molar-refractivity contribution in [2.45, 2.75) is 33.1 Å². The van der Waals surface area contributed by atoms with Crippen LogP contribution < -0.4 is 9.64 Å². The molecule has 2 aliphatic rings. The van der Waals surface area contributed by atoms with E-state index < -0.39 is 0 Å². The SMILES string of the molecule is CCCOc1ccc(C2=C(N3CCN(C)CC3)C(=O)N(c3ccc(C(C)C)cc3)C2=O)cc1. The summed E-state index contributed by atoms with van der Waals surface area (Å²) in [7, 11) is 2.08. The van der Waals surface area contributed by atoms with Crippen molar-refractivity contribution < 1.29 is 14.3 Å². The first-order valence-corrected chi connectivity index (χ1v) is 11.8. The molecule has 4 rings (SSSR count). The number of amides is 2. The normalized spacial score (nSPS) is 17.5. The molecule has 1 saturated heterocycles. The van der Waals surface area contributed by atoms with Gasteiger partial charge in [0, 0.05) is 26.2 Å². The molecular weight excluding hydrogens is 414 g/mol. The molecular formula is C27H33N3O3. The summed E-state index contributed by atoms with van der Waals surface area (Å²) in [5.41, 5.74) is 3.50. The third-order valence-electron chi connectivity index (χ3n) is 6.31. The monoisotopic (exact) mass is 447 g/mol. The zero-order valence-electron chi connectivity index (χ0n) is 20.0. The van der Waals surface area contributed by atoms with Gasteiger partial charge in [-0.15, -0.1) is 0 Å². The van der Waals surface area contributed by atoms with Crippen LogP contribution in [0.4, 0.5) is 5.69 Å². The Balaban J connectivity index is 1.71. The number of benzene rings is 2. The van der Waals surface area contributed by atoms with E-state index >= 15 is 0 Å². The third kappa shape index (κ3) is 4.67. The van der Waals surface area contributed by atoms with Gasteiger partial charge in [-0.2, -0.15) is 0 Å². The van der Waals surface area contributed by atoms with Crippen molar-refractivity contribution in [3.8, 4) is 5.75 Å². The minimum atomic E-state index is -0.270. The van der Waals surface area contributed by atoms with Gasteiger partial charge in [0.2, 0.25) is 0 Å². The summed E-state index contributed by atoms with van der Waals surface area (Å²) in [5.74, 6) is 0.629. The van der Waals surface area contributed by atoms with Crippen LogP contribution >= 0.6 is 0 Å². The number of carbonyl (C=O) groups is 2. The molecule has 0 aromatic heterocycles. The quantitative estimate of drug-likeness (QED) is 0.598. The Hall–Kier alpha value is -3.12. The van der Waals surface area contributed by atoms with E-state index in [9.17, 15) is 9.59 Å². The van der Waals surface area contributed by atoms with Crippen molar-refractivity contribution in [3.05, 3.63) is 65.4 Å². The summed E-state index contributed by atoms with van der Waals surface area (Å²) >= 11 is 0. The van der Waals surface area contributed by atoms with Gasteiger partial charge in [0.05, 0.1) is 17.9 Å². The van der Waals surface area contributed by atoms with Crippen LogP contribution in [0.3, 0.4) is 0 Å². The van der Waals surface area contributed by atoms with Gasteiger partial charge in [-0.25, -0.2) is 4.90 Å². The maximum absolute atomic E-state index is 13.7. The minimum Gasteiger partial charge on any atom is -0.494 e. The summed E-state index contributed by atoms with van der Waals surface area (Å²) in [6.45, 7) is 10.1. The van der Waals surface area contributed by atoms with E-state index in [-0.39, 0.29) is 11.8 Å². The summed E-state index contributed by atoms with van der Waals surface area (Å²) in [6, 6.07) is 15.2.